The third-order valence-corrected chi connectivity index (χ3v) is 4.22. The van der Waals surface area contributed by atoms with Crippen LogP contribution in [0, 0.1) is 0 Å². The van der Waals surface area contributed by atoms with E-state index in [0.29, 0.717) is 23.4 Å². The number of aromatic amines is 1. The molecule has 24 heavy (non-hydrogen) atoms. The zero-order chi connectivity index (χ0) is 16.7. The van der Waals surface area contributed by atoms with Crippen LogP contribution in [0.1, 0.15) is 5.82 Å². The van der Waals surface area contributed by atoms with Gasteiger partial charge >= 0.3 is 0 Å². The molecule has 6 nitrogen and oxygen atoms in total. The van der Waals surface area contributed by atoms with E-state index in [4.69, 9.17) is 0 Å². The van der Waals surface area contributed by atoms with Crippen molar-refractivity contribution in [2.75, 3.05) is 11.9 Å². The van der Waals surface area contributed by atoms with Gasteiger partial charge in [0.05, 0.1) is 28.5 Å². The van der Waals surface area contributed by atoms with E-state index in [0.717, 1.165) is 16.9 Å². The fourth-order valence-corrected chi connectivity index (χ4v) is 2.88. The second-order valence-electron chi connectivity index (χ2n) is 5.84. The standard InChI is InChI=1S/C18H17N5O/c1-22(11-16-19-14-9-5-6-10-15(14)23(16)2)18-20-13-8-4-3-7-12(13)17(24)21-18/h3-10H,11H2,1-2H3,(H,20,21,24). The Hall–Kier alpha value is -3.15. The Balaban J connectivity index is 1.72. The number of imidazole rings is 1. The van der Waals surface area contributed by atoms with Crippen LogP contribution in [-0.2, 0) is 13.6 Å². The van der Waals surface area contributed by atoms with Crippen molar-refractivity contribution in [3.05, 3.63) is 64.7 Å². The Bertz CT molecular complexity index is 1100. The first-order valence-electron chi connectivity index (χ1n) is 7.74. The molecule has 0 unspecified atom stereocenters. The van der Waals surface area contributed by atoms with Crippen LogP contribution in [0.3, 0.4) is 0 Å². The van der Waals surface area contributed by atoms with E-state index in [2.05, 4.69) is 19.5 Å². The van der Waals surface area contributed by atoms with Crippen LogP contribution < -0.4 is 10.5 Å². The molecule has 0 aliphatic heterocycles. The third-order valence-electron chi connectivity index (χ3n) is 4.22. The average molecular weight is 319 g/mol. The first-order valence-corrected chi connectivity index (χ1v) is 7.74. The number of aromatic nitrogens is 4. The summed E-state index contributed by atoms with van der Waals surface area (Å²) >= 11 is 0. The van der Waals surface area contributed by atoms with Gasteiger partial charge in [-0.25, -0.2) is 9.97 Å². The lowest BCUT2D eigenvalue weighted by atomic mass is 10.2. The normalized spacial score (nSPS) is 11.2. The van der Waals surface area contributed by atoms with Crippen molar-refractivity contribution in [1.29, 1.82) is 0 Å². The average Bonchev–Trinajstić information content (AvgIpc) is 2.91. The summed E-state index contributed by atoms with van der Waals surface area (Å²) in [6.07, 6.45) is 0. The highest BCUT2D eigenvalue weighted by atomic mass is 16.1. The SMILES string of the molecule is CN(Cc1nc2ccccc2n1C)c1nc2ccccc2c(=O)[nH]1. The quantitative estimate of drug-likeness (QED) is 0.630. The minimum absolute atomic E-state index is 0.132. The zero-order valence-electron chi connectivity index (χ0n) is 13.5. The molecule has 2 aromatic heterocycles. The summed E-state index contributed by atoms with van der Waals surface area (Å²) < 4.78 is 2.06. The van der Waals surface area contributed by atoms with Crippen LogP contribution in [0.25, 0.3) is 21.9 Å². The van der Waals surface area contributed by atoms with Crippen molar-refractivity contribution in [2.45, 2.75) is 6.54 Å². The highest BCUT2D eigenvalue weighted by Gasteiger charge is 2.12. The molecule has 6 heteroatoms. The highest BCUT2D eigenvalue weighted by Crippen LogP contribution is 2.17. The number of H-pyrrole nitrogens is 1. The van der Waals surface area contributed by atoms with Gasteiger partial charge in [0.2, 0.25) is 5.95 Å². The van der Waals surface area contributed by atoms with Crippen LogP contribution in [0.2, 0.25) is 0 Å². The van der Waals surface area contributed by atoms with Gasteiger partial charge in [-0.15, -0.1) is 0 Å². The molecule has 0 saturated carbocycles. The summed E-state index contributed by atoms with van der Waals surface area (Å²) in [5, 5.41) is 0.595. The summed E-state index contributed by atoms with van der Waals surface area (Å²) in [5.41, 5.74) is 2.60. The van der Waals surface area contributed by atoms with Crippen LogP contribution in [0.15, 0.2) is 53.3 Å². The van der Waals surface area contributed by atoms with Crippen molar-refractivity contribution >= 4 is 27.9 Å². The van der Waals surface area contributed by atoms with E-state index < -0.39 is 0 Å². The van der Waals surface area contributed by atoms with Gasteiger partial charge in [0, 0.05) is 14.1 Å². The molecule has 2 aromatic carbocycles. The summed E-state index contributed by atoms with van der Waals surface area (Å²) in [6.45, 7) is 0.548. The van der Waals surface area contributed by atoms with Crippen molar-refractivity contribution in [1.82, 2.24) is 19.5 Å². The van der Waals surface area contributed by atoms with E-state index in [1.165, 1.54) is 0 Å². The summed E-state index contributed by atoms with van der Waals surface area (Å²) in [6, 6.07) is 15.3. The topological polar surface area (TPSA) is 66.8 Å². The molecule has 0 aliphatic rings. The van der Waals surface area contributed by atoms with E-state index in [1.807, 2.05) is 61.5 Å². The van der Waals surface area contributed by atoms with Crippen LogP contribution in [0.4, 0.5) is 5.95 Å². The van der Waals surface area contributed by atoms with Gasteiger partial charge in [-0.2, -0.15) is 0 Å². The molecular formula is C18H17N5O. The number of nitrogens with zero attached hydrogens (tertiary/aromatic N) is 4. The number of aryl methyl sites for hydroxylation is 1. The predicted octanol–water partition coefficient (Wildman–Crippen LogP) is 2.45. The molecule has 0 fully saturated rings. The molecular weight excluding hydrogens is 302 g/mol. The molecule has 0 bridgehead atoms. The van der Waals surface area contributed by atoms with Crippen molar-refractivity contribution < 1.29 is 0 Å². The third kappa shape index (κ3) is 2.32. The second-order valence-corrected chi connectivity index (χ2v) is 5.84. The molecule has 2 heterocycles. The van der Waals surface area contributed by atoms with Crippen molar-refractivity contribution in [3.8, 4) is 0 Å². The molecule has 0 amide bonds. The van der Waals surface area contributed by atoms with Gasteiger partial charge in [-0.1, -0.05) is 24.3 Å². The Morgan fingerprint density at radius 2 is 1.75 bits per heavy atom. The van der Waals surface area contributed by atoms with Gasteiger partial charge in [0.1, 0.15) is 5.82 Å². The van der Waals surface area contributed by atoms with E-state index in [-0.39, 0.29) is 5.56 Å². The Kier molecular flexibility index (Phi) is 3.30. The predicted molar refractivity (Wildman–Crippen MR) is 95.2 cm³/mol. The molecule has 0 spiro atoms. The maximum Gasteiger partial charge on any atom is 0.260 e. The van der Waals surface area contributed by atoms with Crippen LogP contribution in [0.5, 0.6) is 0 Å². The number of para-hydroxylation sites is 3. The smallest absolute Gasteiger partial charge is 0.260 e. The lowest BCUT2D eigenvalue weighted by Gasteiger charge is -2.17. The Morgan fingerprint density at radius 3 is 2.54 bits per heavy atom. The highest BCUT2D eigenvalue weighted by molar-refractivity contribution is 5.78. The first kappa shape index (κ1) is 14.4. The molecule has 4 rings (SSSR count). The van der Waals surface area contributed by atoms with Gasteiger partial charge in [-0.05, 0) is 24.3 Å². The van der Waals surface area contributed by atoms with Crippen molar-refractivity contribution in [3.63, 3.8) is 0 Å². The second kappa shape index (κ2) is 5.49. The molecule has 1 N–H and O–H groups in total. The molecule has 0 atom stereocenters. The molecule has 4 aromatic rings. The number of rotatable bonds is 3. The van der Waals surface area contributed by atoms with Crippen LogP contribution in [-0.4, -0.2) is 26.6 Å². The lowest BCUT2D eigenvalue weighted by molar-refractivity contribution is 0.759. The molecule has 120 valence electrons. The summed E-state index contributed by atoms with van der Waals surface area (Å²) in [5.74, 6) is 1.44. The van der Waals surface area contributed by atoms with Crippen molar-refractivity contribution in [2.24, 2.45) is 7.05 Å². The Labute approximate surface area is 138 Å². The van der Waals surface area contributed by atoms with E-state index in [1.54, 1.807) is 6.07 Å². The fraction of sp³-hybridized carbons (Fsp3) is 0.167. The van der Waals surface area contributed by atoms with Crippen LogP contribution >= 0.6 is 0 Å². The first-order chi connectivity index (χ1) is 11.6. The number of benzene rings is 2. The lowest BCUT2D eigenvalue weighted by Crippen LogP contribution is -2.24. The number of fused-ring (bicyclic) bond motifs is 2. The summed E-state index contributed by atoms with van der Waals surface area (Å²) in [7, 11) is 3.89. The number of nitrogens with one attached hydrogen (secondary N) is 1. The summed E-state index contributed by atoms with van der Waals surface area (Å²) in [4.78, 5) is 26.2. The maximum absolute atomic E-state index is 12.2. The molecule has 0 aliphatic carbocycles. The van der Waals surface area contributed by atoms with Gasteiger partial charge in [0.25, 0.3) is 5.56 Å². The maximum atomic E-state index is 12.2. The van der Waals surface area contributed by atoms with Gasteiger partial charge in [-0.3, -0.25) is 9.78 Å². The minimum atomic E-state index is -0.132. The number of anilines is 1. The van der Waals surface area contributed by atoms with Gasteiger partial charge < -0.3 is 9.47 Å². The largest absolute Gasteiger partial charge is 0.338 e. The monoisotopic (exact) mass is 319 g/mol. The minimum Gasteiger partial charge on any atom is -0.338 e. The number of hydrogen-bond acceptors (Lipinski definition) is 4. The van der Waals surface area contributed by atoms with Gasteiger partial charge in [0.15, 0.2) is 0 Å². The Morgan fingerprint density at radius 1 is 1.04 bits per heavy atom. The van der Waals surface area contributed by atoms with E-state index >= 15 is 0 Å². The molecule has 0 radical (unpaired) electrons. The zero-order valence-corrected chi connectivity index (χ0v) is 13.5. The number of hydrogen-bond donors (Lipinski definition) is 1. The molecule has 0 saturated heterocycles. The van der Waals surface area contributed by atoms with E-state index in [9.17, 15) is 4.79 Å². The fourth-order valence-electron chi connectivity index (χ4n) is 2.88.